The summed E-state index contributed by atoms with van der Waals surface area (Å²) < 4.78 is 18.3. The summed E-state index contributed by atoms with van der Waals surface area (Å²) in [6.07, 6.45) is 10.6. The first kappa shape index (κ1) is 20.0. The van der Waals surface area contributed by atoms with E-state index in [9.17, 15) is 0 Å². The topological polar surface area (TPSA) is 27.7 Å². The fraction of sp³-hybridized carbons (Fsp3) is 0.684. The maximum absolute atomic E-state index is 6.44. The highest BCUT2D eigenvalue weighted by Gasteiger charge is 2.42. The lowest BCUT2D eigenvalue weighted by Gasteiger charge is -2.42. The number of unbranched alkanes of at least 4 members (excludes halogenated alkanes) is 1. The summed E-state index contributed by atoms with van der Waals surface area (Å²) in [4.78, 5) is 0. The molecule has 0 N–H and O–H groups in total. The third-order valence-electron chi connectivity index (χ3n) is 4.49. The zero-order valence-corrected chi connectivity index (χ0v) is 16.9. The van der Waals surface area contributed by atoms with E-state index in [1.54, 1.807) is 12.3 Å². The van der Waals surface area contributed by atoms with Crippen LogP contribution in [0.1, 0.15) is 53.9 Å². The Morgan fingerprint density at radius 3 is 2.57 bits per heavy atom. The number of rotatable bonds is 7. The molecule has 3 nitrogen and oxygen atoms in total. The van der Waals surface area contributed by atoms with Gasteiger partial charge in [0.25, 0.3) is 0 Å². The zero-order valence-electron chi connectivity index (χ0n) is 15.9. The summed E-state index contributed by atoms with van der Waals surface area (Å²) in [5.41, 5.74) is 0. The summed E-state index contributed by atoms with van der Waals surface area (Å²) in [6.45, 7) is 18.8. The van der Waals surface area contributed by atoms with Crippen LogP contribution in [0.4, 0.5) is 0 Å². The average molecular weight is 339 g/mol. The van der Waals surface area contributed by atoms with Gasteiger partial charge in [-0.1, -0.05) is 45.6 Å². The van der Waals surface area contributed by atoms with Crippen LogP contribution in [0.2, 0.25) is 18.1 Å². The van der Waals surface area contributed by atoms with Crippen molar-refractivity contribution in [3.05, 3.63) is 36.8 Å². The van der Waals surface area contributed by atoms with Crippen molar-refractivity contribution in [3.63, 3.8) is 0 Å². The Morgan fingerprint density at radius 2 is 2.00 bits per heavy atom. The second-order valence-corrected chi connectivity index (χ2v) is 12.8. The number of ether oxygens (including phenoxy) is 2. The molecule has 0 aromatic heterocycles. The van der Waals surface area contributed by atoms with Gasteiger partial charge in [0.1, 0.15) is 18.1 Å². The highest BCUT2D eigenvalue weighted by Crippen LogP contribution is 2.40. The van der Waals surface area contributed by atoms with E-state index in [2.05, 4.69) is 46.5 Å². The molecule has 1 heterocycles. The predicted octanol–water partition coefficient (Wildman–Crippen LogP) is 5.91. The van der Waals surface area contributed by atoms with Crippen LogP contribution in [0.15, 0.2) is 36.8 Å². The minimum Gasteiger partial charge on any atom is -0.543 e. The van der Waals surface area contributed by atoms with E-state index in [0.717, 1.165) is 25.0 Å². The van der Waals surface area contributed by atoms with Gasteiger partial charge in [-0.15, -0.1) is 0 Å². The Morgan fingerprint density at radius 1 is 1.35 bits per heavy atom. The van der Waals surface area contributed by atoms with Crippen molar-refractivity contribution < 1.29 is 13.9 Å². The van der Waals surface area contributed by atoms with E-state index in [4.69, 9.17) is 13.9 Å². The minimum absolute atomic E-state index is 0.0370. The normalized spacial score (nSPS) is 21.7. The molecule has 23 heavy (non-hydrogen) atoms. The van der Waals surface area contributed by atoms with Gasteiger partial charge >= 0.3 is 0 Å². The Balaban J connectivity index is 2.78. The lowest BCUT2D eigenvalue weighted by Crippen LogP contribution is -2.45. The lowest BCUT2D eigenvalue weighted by molar-refractivity contribution is -0.226. The second-order valence-electron chi connectivity index (χ2n) is 8.10. The van der Waals surface area contributed by atoms with Crippen molar-refractivity contribution in [2.45, 2.75) is 83.9 Å². The van der Waals surface area contributed by atoms with Crippen molar-refractivity contribution in [2.75, 3.05) is 0 Å². The maximum atomic E-state index is 6.44. The van der Waals surface area contributed by atoms with E-state index in [1.807, 2.05) is 19.9 Å². The number of hydrogen-bond acceptors (Lipinski definition) is 3. The monoisotopic (exact) mass is 338 g/mol. The maximum Gasteiger partial charge on any atom is 0.250 e. The Hall–Kier alpha value is -1.00. The summed E-state index contributed by atoms with van der Waals surface area (Å²) in [5, 5.41) is 0.151. The van der Waals surface area contributed by atoms with Gasteiger partial charge in [-0.3, -0.25) is 0 Å². The molecule has 0 radical (unpaired) electrons. The Kier molecular flexibility index (Phi) is 6.72. The van der Waals surface area contributed by atoms with Crippen LogP contribution < -0.4 is 0 Å². The Labute approximate surface area is 143 Å². The smallest absolute Gasteiger partial charge is 0.250 e. The predicted molar refractivity (Wildman–Crippen MR) is 99.6 cm³/mol. The van der Waals surface area contributed by atoms with Crippen molar-refractivity contribution in [1.82, 2.24) is 0 Å². The van der Waals surface area contributed by atoms with Gasteiger partial charge in [0.15, 0.2) is 0 Å². The van der Waals surface area contributed by atoms with Crippen LogP contribution in [0.5, 0.6) is 0 Å². The van der Waals surface area contributed by atoms with Crippen LogP contribution in [0.3, 0.4) is 0 Å². The molecule has 0 amide bonds. The van der Waals surface area contributed by atoms with Crippen molar-refractivity contribution in [1.29, 1.82) is 0 Å². The second kappa shape index (κ2) is 7.71. The number of hydrogen-bond donors (Lipinski definition) is 0. The molecule has 0 aromatic rings. The molecule has 1 atom stereocenters. The van der Waals surface area contributed by atoms with Crippen LogP contribution >= 0.6 is 0 Å². The lowest BCUT2D eigenvalue weighted by atomic mass is 10.1. The molecular weight excluding hydrogens is 304 g/mol. The van der Waals surface area contributed by atoms with Gasteiger partial charge in [-0.05, 0) is 37.4 Å². The van der Waals surface area contributed by atoms with Crippen LogP contribution in [0, 0.1) is 0 Å². The highest BCUT2D eigenvalue weighted by molar-refractivity contribution is 6.74. The largest absolute Gasteiger partial charge is 0.543 e. The van der Waals surface area contributed by atoms with Crippen molar-refractivity contribution in [3.8, 4) is 0 Å². The summed E-state index contributed by atoms with van der Waals surface area (Å²) in [6, 6.07) is 0. The quantitative estimate of drug-likeness (QED) is 0.328. The molecule has 0 aromatic carbocycles. The molecule has 4 heteroatoms. The molecule has 1 rings (SSSR count). The molecule has 1 aliphatic heterocycles. The van der Waals surface area contributed by atoms with Crippen molar-refractivity contribution >= 4 is 8.32 Å². The highest BCUT2D eigenvalue weighted by atomic mass is 28.4. The molecule has 1 unspecified atom stereocenters. The van der Waals surface area contributed by atoms with Crippen LogP contribution in [-0.4, -0.2) is 20.2 Å². The summed E-state index contributed by atoms with van der Waals surface area (Å²) >= 11 is 0. The van der Waals surface area contributed by atoms with E-state index < -0.39 is 14.1 Å². The Bertz CT molecular complexity index is 456. The van der Waals surface area contributed by atoms with Gasteiger partial charge in [-0.2, -0.15) is 0 Å². The SMILES string of the molecule is C=C/C=C/CCCC1OC(C)(C)OC=C1O[Si](C)(C)C(C)(C)C. The standard InChI is InChI=1S/C19H34O3Si/c1-9-10-11-12-13-14-16-17(15-20-19(5,6)21-16)22-23(7,8)18(2,3)4/h9-11,15-16H,1,12-14H2,2-8H3/b11-10+. The fourth-order valence-corrected chi connectivity index (χ4v) is 3.13. The van der Waals surface area contributed by atoms with Crippen LogP contribution in [-0.2, 0) is 13.9 Å². The molecule has 0 aliphatic carbocycles. The molecule has 0 fully saturated rings. The molecule has 0 bridgehead atoms. The molecule has 0 saturated carbocycles. The fourth-order valence-electron chi connectivity index (χ4n) is 2.06. The number of allylic oxidation sites excluding steroid dienone is 3. The molecule has 0 spiro atoms. The first-order chi connectivity index (χ1) is 10.5. The molecular formula is C19H34O3Si. The van der Waals surface area contributed by atoms with E-state index in [0.29, 0.717) is 0 Å². The first-order valence-corrected chi connectivity index (χ1v) is 11.4. The van der Waals surface area contributed by atoms with Gasteiger partial charge in [-0.25, -0.2) is 0 Å². The third-order valence-corrected chi connectivity index (χ3v) is 8.85. The van der Waals surface area contributed by atoms with Gasteiger partial charge in [0, 0.05) is 13.8 Å². The van der Waals surface area contributed by atoms with Crippen molar-refractivity contribution in [2.24, 2.45) is 0 Å². The van der Waals surface area contributed by atoms with E-state index in [-0.39, 0.29) is 11.1 Å². The molecule has 1 aliphatic rings. The van der Waals surface area contributed by atoms with Gasteiger partial charge < -0.3 is 13.9 Å². The van der Waals surface area contributed by atoms with Gasteiger partial charge in [0.2, 0.25) is 14.1 Å². The minimum atomic E-state index is -1.90. The summed E-state index contributed by atoms with van der Waals surface area (Å²) in [5.74, 6) is 0.255. The third kappa shape index (κ3) is 6.19. The first-order valence-electron chi connectivity index (χ1n) is 8.51. The average Bonchev–Trinajstić information content (AvgIpc) is 2.39. The molecule has 0 saturated heterocycles. The molecule has 132 valence electrons. The summed E-state index contributed by atoms with van der Waals surface area (Å²) in [7, 11) is -1.90. The zero-order chi connectivity index (χ0) is 17.7. The van der Waals surface area contributed by atoms with E-state index >= 15 is 0 Å². The van der Waals surface area contributed by atoms with Crippen LogP contribution in [0.25, 0.3) is 0 Å². The van der Waals surface area contributed by atoms with E-state index in [1.165, 1.54) is 0 Å². The van der Waals surface area contributed by atoms with Gasteiger partial charge in [0.05, 0.1) is 0 Å².